The summed E-state index contributed by atoms with van der Waals surface area (Å²) < 4.78 is 10.3. The molecule has 0 bridgehead atoms. The Morgan fingerprint density at radius 2 is 1.81 bits per heavy atom. The molecule has 0 aliphatic heterocycles. The number of hydrogen-bond donors (Lipinski definition) is 1. The SMILES string of the molecule is CCc1ccc(OCC(=O)O[C@H](C)C(=O)Nc2ccccc2[N+](=O)[O-])cc1. The minimum Gasteiger partial charge on any atom is -0.482 e. The quantitative estimate of drug-likeness (QED) is 0.433. The second-order valence-corrected chi connectivity index (χ2v) is 5.68. The fourth-order valence-corrected chi connectivity index (χ4v) is 2.22. The van der Waals surface area contributed by atoms with E-state index in [1.54, 1.807) is 18.2 Å². The van der Waals surface area contributed by atoms with Crippen molar-refractivity contribution >= 4 is 23.3 Å². The van der Waals surface area contributed by atoms with Gasteiger partial charge in [-0.25, -0.2) is 4.79 Å². The number of amides is 1. The lowest BCUT2D eigenvalue weighted by molar-refractivity contribution is -0.383. The van der Waals surface area contributed by atoms with Crippen LogP contribution in [0.4, 0.5) is 11.4 Å². The molecule has 142 valence electrons. The van der Waals surface area contributed by atoms with E-state index >= 15 is 0 Å². The van der Waals surface area contributed by atoms with Gasteiger partial charge in [0.2, 0.25) is 0 Å². The lowest BCUT2D eigenvalue weighted by Gasteiger charge is -2.14. The second-order valence-electron chi connectivity index (χ2n) is 5.68. The number of nitrogens with zero attached hydrogens (tertiary/aromatic N) is 1. The predicted octanol–water partition coefficient (Wildman–Crippen LogP) is 3.11. The lowest BCUT2D eigenvalue weighted by Crippen LogP contribution is -2.31. The molecule has 0 radical (unpaired) electrons. The standard InChI is InChI=1S/C19H20N2O6/c1-3-14-8-10-15(11-9-14)26-12-18(22)27-13(2)19(23)20-16-6-4-5-7-17(16)21(24)25/h4-11,13H,3,12H2,1-2H3,(H,20,23)/t13-/m1/s1. The smallest absolute Gasteiger partial charge is 0.344 e. The van der Waals surface area contributed by atoms with Crippen LogP contribution in [0.5, 0.6) is 5.75 Å². The molecule has 2 aromatic rings. The van der Waals surface area contributed by atoms with Crippen molar-refractivity contribution in [1.29, 1.82) is 0 Å². The van der Waals surface area contributed by atoms with Gasteiger partial charge in [-0.05, 0) is 37.1 Å². The average molecular weight is 372 g/mol. The van der Waals surface area contributed by atoms with E-state index in [0.29, 0.717) is 5.75 Å². The van der Waals surface area contributed by atoms with Crippen molar-refractivity contribution in [2.24, 2.45) is 0 Å². The Balaban J connectivity index is 1.86. The van der Waals surface area contributed by atoms with Crippen molar-refractivity contribution < 1.29 is 24.0 Å². The molecule has 0 aromatic heterocycles. The number of nitrogens with one attached hydrogen (secondary N) is 1. The van der Waals surface area contributed by atoms with Gasteiger partial charge in [-0.15, -0.1) is 0 Å². The van der Waals surface area contributed by atoms with Crippen LogP contribution in [-0.4, -0.2) is 29.5 Å². The van der Waals surface area contributed by atoms with Gasteiger partial charge in [-0.3, -0.25) is 14.9 Å². The van der Waals surface area contributed by atoms with Gasteiger partial charge in [0.25, 0.3) is 11.6 Å². The summed E-state index contributed by atoms with van der Waals surface area (Å²) in [6, 6.07) is 13.0. The van der Waals surface area contributed by atoms with Crippen LogP contribution < -0.4 is 10.1 Å². The van der Waals surface area contributed by atoms with Gasteiger partial charge >= 0.3 is 5.97 Å². The highest BCUT2D eigenvalue weighted by atomic mass is 16.6. The van der Waals surface area contributed by atoms with Crippen LogP contribution in [0.2, 0.25) is 0 Å². The Bertz CT molecular complexity index is 819. The molecular formula is C19H20N2O6. The van der Waals surface area contributed by atoms with Crippen LogP contribution in [-0.2, 0) is 20.7 Å². The summed E-state index contributed by atoms with van der Waals surface area (Å²) in [4.78, 5) is 34.3. The van der Waals surface area contributed by atoms with Crippen molar-refractivity contribution in [1.82, 2.24) is 0 Å². The third kappa shape index (κ3) is 5.81. The summed E-state index contributed by atoms with van der Waals surface area (Å²) in [5, 5.41) is 13.3. The zero-order valence-electron chi connectivity index (χ0n) is 15.0. The zero-order valence-corrected chi connectivity index (χ0v) is 15.0. The molecule has 1 N–H and O–H groups in total. The monoisotopic (exact) mass is 372 g/mol. The van der Waals surface area contributed by atoms with Crippen LogP contribution in [0, 0.1) is 10.1 Å². The molecule has 0 heterocycles. The van der Waals surface area contributed by atoms with Crippen molar-refractivity contribution in [3.63, 3.8) is 0 Å². The number of ether oxygens (including phenoxy) is 2. The molecule has 0 saturated heterocycles. The molecule has 8 heteroatoms. The van der Waals surface area contributed by atoms with Crippen LogP contribution >= 0.6 is 0 Å². The highest BCUT2D eigenvalue weighted by Crippen LogP contribution is 2.23. The molecule has 0 aliphatic rings. The molecule has 2 rings (SSSR count). The molecule has 2 aromatic carbocycles. The van der Waals surface area contributed by atoms with Crippen molar-refractivity contribution in [2.75, 3.05) is 11.9 Å². The lowest BCUT2D eigenvalue weighted by atomic mass is 10.2. The number of nitro groups is 1. The maximum atomic E-state index is 12.1. The van der Waals surface area contributed by atoms with Gasteiger partial charge in [-0.1, -0.05) is 31.2 Å². The van der Waals surface area contributed by atoms with Crippen LogP contribution in [0.15, 0.2) is 48.5 Å². The van der Waals surface area contributed by atoms with E-state index in [-0.39, 0.29) is 18.0 Å². The largest absolute Gasteiger partial charge is 0.482 e. The molecule has 0 saturated carbocycles. The molecule has 0 aliphatic carbocycles. The minimum absolute atomic E-state index is 0.0302. The fraction of sp³-hybridized carbons (Fsp3) is 0.263. The molecule has 27 heavy (non-hydrogen) atoms. The van der Waals surface area contributed by atoms with E-state index < -0.39 is 22.9 Å². The van der Waals surface area contributed by atoms with Gasteiger partial charge in [0, 0.05) is 6.07 Å². The molecule has 0 unspecified atom stereocenters. The average Bonchev–Trinajstić information content (AvgIpc) is 2.67. The van der Waals surface area contributed by atoms with Crippen molar-refractivity contribution in [3.8, 4) is 5.75 Å². The van der Waals surface area contributed by atoms with E-state index in [4.69, 9.17) is 9.47 Å². The summed E-state index contributed by atoms with van der Waals surface area (Å²) in [6.07, 6.45) is -0.238. The number of nitro benzene ring substituents is 1. The number of carbonyl (C=O) groups excluding carboxylic acids is 2. The Kier molecular flexibility index (Phi) is 6.87. The number of benzene rings is 2. The maximum Gasteiger partial charge on any atom is 0.344 e. The molecule has 1 atom stereocenters. The first kappa shape index (κ1) is 19.9. The number of para-hydroxylation sites is 2. The Morgan fingerprint density at radius 1 is 1.15 bits per heavy atom. The Morgan fingerprint density at radius 3 is 2.44 bits per heavy atom. The van der Waals surface area contributed by atoms with Gasteiger partial charge in [0.05, 0.1) is 4.92 Å². The topological polar surface area (TPSA) is 108 Å². The van der Waals surface area contributed by atoms with Crippen molar-refractivity contribution in [3.05, 3.63) is 64.2 Å². The van der Waals surface area contributed by atoms with E-state index in [1.165, 1.54) is 25.1 Å². The van der Waals surface area contributed by atoms with Gasteiger partial charge in [-0.2, -0.15) is 0 Å². The fourth-order valence-electron chi connectivity index (χ4n) is 2.22. The Labute approximate surface area is 156 Å². The normalized spacial score (nSPS) is 11.3. The first-order chi connectivity index (χ1) is 12.9. The first-order valence-corrected chi connectivity index (χ1v) is 8.36. The highest BCUT2D eigenvalue weighted by Gasteiger charge is 2.21. The maximum absolute atomic E-state index is 12.1. The van der Waals surface area contributed by atoms with Gasteiger partial charge < -0.3 is 14.8 Å². The molecular weight excluding hydrogens is 352 g/mol. The van der Waals surface area contributed by atoms with Gasteiger partial charge in [0.15, 0.2) is 12.7 Å². The number of rotatable bonds is 8. The summed E-state index contributed by atoms with van der Waals surface area (Å²) in [6.45, 7) is 3.05. The molecule has 1 amide bonds. The summed E-state index contributed by atoms with van der Waals surface area (Å²) in [7, 11) is 0. The summed E-state index contributed by atoms with van der Waals surface area (Å²) >= 11 is 0. The van der Waals surface area contributed by atoms with E-state index in [1.807, 2.05) is 19.1 Å². The Hall–Kier alpha value is -3.42. The van der Waals surface area contributed by atoms with E-state index in [2.05, 4.69) is 5.32 Å². The first-order valence-electron chi connectivity index (χ1n) is 8.36. The van der Waals surface area contributed by atoms with Crippen LogP contribution in [0.3, 0.4) is 0 Å². The predicted molar refractivity (Wildman–Crippen MR) is 98.6 cm³/mol. The number of anilines is 1. The van der Waals surface area contributed by atoms with E-state index in [9.17, 15) is 19.7 Å². The third-order valence-electron chi connectivity index (χ3n) is 3.72. The van der Waals surface area contributed by atoms with Crippen LogP contribution in [0.25, 0.3) is 0 Å². The molecule has 0 spiro atoms. The number of hydrogen-bond acceptors (Lipinski definition) is 6. The molecule has 0 fully saturated rings. The third-order valence-corrected chi connectivity index (χ3v) is 3.72. The molecule has 8 nitrogen and oxygen atoms in total. The number of aryl methyl sites for hydroxylation is 1. The highest BCUT2D eigenvalue weighted by molar-refractivity contribution is 5.96. The number of carbonyl (C=O) groups is 2. The second kappa shape index (κ2) is 9.33. The number of esters is 1. The van der Waals surface area contributed by atoms with E-state index in [0.717, 1.165) is 12.0 Å². The van der Waals surface area contributed by atoms with Crippen LogP contribution in [0.1, 0.15) is 19.4 Å². The summed E-state index contributed by atoms with van der Waals surface area (Å²) in [5.41, 5.74) is 0.927. The van der Waals surface area contributed by atoms with Gasteiger partial charge in [0.1, 0.15) is 11.4 Å². The zero-order chi connectivity index (χ0) is 19.8. The van der Waals surface area contributed by atoms with Crippen molar-refractivity contribution in [2.45, 2.75) is 26.4 Å². The minimum atomic E-state index is -1.14. The summed E-state index contributed by atoms with van der Waals surface area (Å²) in [5.74, 6) is -0.883.